The first-order chi connectivity index (χ1) is 10.8. The molecule has 2 aromatic rings. The van der Waals surface area contributed by atoms with Gasteiger partial charge in [-0.2, -0.15) is 0 Å². The third-order valence-corrected chi connectivity index (χ3v) is 3.71. The van der Waals surface area contributed by atoms with Crippen LogP contribution in [-0.4, -0.2) is 31.3 Å². The van der Waals surface area contributed by atoms with Crippen LogP contribution in [0.2, 0.25) is 0 Å². The zero-order valence-corrected chi connectivity index (χ0v) is 12.1. The summed E-state index contributed by atoms with van der Waals surface area (Å²) in [5, 5.41) is 3.26. The van der Waals surface area contributed by atoms with Crippen molar-refractivity contribution in [1.29, 1.82) is 0 Å². The van der Waals surface area contributed by atoms with Gasteiger partial charge in [0.05, 0.1) is 12.7 Å². The molecular formula is C18H17NO3. The monoisotopic (exact) mass is 295 g/mol. The molecule has 3 rings (SSSR count). The van der Waals surface area contributed by atoms with E-state index in [1.807, 2.05) is 18.2 Å². The molecule has 22 heavy (non-hydrogen) atoms. The van der Waals surface area contributed by atoms with Gasteiger partial charge in [-0.1, -0.05) is 54.6 Å². The third-order valence-electron chi connectivity index (χ3n) is 3.71. The van der Waals surface area contributed by atoms with Crippen molar-refractivity contribution in [3.8, 4) is 0 Å². The summed E-state index contributed by atoms with van der Waals surface area (Å²) in [5.74, 6) is -0.968. The van der Waals surface area contributed by atoms with Gasteiger partial charge in [-0.3, -0.25) is 9.59 Å². The fourth-order valence-electron chi connectivity index (χ4n) is 2.48. The fourth-order valence-corrected chi connectivity index (χ4v) is 2.48. The van der Waals surface area contributed by atoms with Gasteiger partial charge in [0.1, 0.15) is 0 Å². The maximum absolute atomic E-state index is 12.2. The van der Waals surface area contributed by atoms with E-state index in [9.17, 15) is 9.59 Å². The molecule has 0 saturated carbocycles. The Labute approximate surface area is 129 Å². The Balaban J connectivity index is 1.75. The van der Waals surface area contributed by atoms with Gasteiger partial charge in [-0.05, 0) is 5.56 Å². The van der Waals surface area contributed by atoms with Gasteiger partial charge in [-0.25, -0.2) is 0 Å². The molecule has 0 aromatic heterocycles. The van der Waals surface area contributed by atoms with E-state index in [4.69, 9.17) is 4.74 Å². The Hall–Kier alpha value is -2.30. The predicted octanol–water partition coefficient (Wildman–Crippen LogP) is 2.41. The van der Waals surface area contributed by atoms with Crippen molar-refractivity contribution in [1.82, 2.24) is 5.32 Å². The van der Waals surface area contributed by atoms with Crippen LogP contribution >= 0.6 is 0 Å². The van der Waals surface area contributed by atoms with Crippen LogP contribution in [0.1, 0.15) is 32.4 Å². The fraction of sp³-hybridized carbons (Fsp3) is 0.222. The molecule has 0 amide bonds. The van der Waals surface area contributed by atoms with E-state index in [2.05, 4.69) is 5.32 Å². The van der Waals surface area contributed by atoms with Crippen LogP contribution in [0, 0.1) is 0 Å². The highest BCUT2D eigenvalue weighted by Gasteiger charge is 2.19. The van der Waals surface area contributed by atoms with Gasteiger partial charge in [0.15, 0.2) is 0 Å². The van der Waals surface area contributed by atoms with Gasteiger partial charge >= 0.3 is 0 Å². The number of rotatable bonds is 4. The average molecular weight is 295 g/mol. The summed E-state index contributed by atoms with van der Waals surface area (Å²) in [7, 11) is 0. The van der Waals surface area contributed by atoms with Crippen molar-refractivity contribution >= 4 is 11.6 Å². The molecule has 1 fully saturated rings. The van der Waals surface area contributed by atoms with Crippen molar-refractivity contribution in [3.63, 3.8) is 0 Å². The summed E-state index contributed by atoms with van der Waals surface area (Å²) in [5.41, 5.74) is 1.83. The van der Waals surface area contributed by atoms with Crippen LogP contribution in [0.5, 0.6) is 0 Å². The predicted molar refractivity (Wildman–Crippen MR) is 83.1 cm³/mol. The van der Waals surface area contributed by atoms with E-state index in [0.717, 1.165) is 18.7 Å². The Morgan fingerprint density at radius 3 is 2.14 bits per heavy atom. The van der Waals surface area contributed by atoms with Crippen LogP contribution in [0.25, 0.3) is 0 Å². The number of Topliss-reactive ketones (excluding diaryl/α,β-unsaturated/α-hetero) is 2. The van der Waals surface area contributed by atoms with E-state index in [1.54, 1.807) is 36.4 Å². The van der Waals surface area contributed by atoms with Gasteiger partial charge in [-0.15, -0.1) is 0 Å². The van der Waals surface area contributed by atoms with Gasteiger partial charge < -0.3 is 10.1 Å². The van der Waals surface area contributed by atoms with Gasteiger partial charge in [0.2, 0.25) is 11.6 Å². The van der Waals surface area contributed by atoms with Crippen molar-refractivity contribution < 1.29 is 14.3 Å². The molecule has 4 nitrogen and oxygen atoms in total. The smallest absolute Gasteiger partial charge is 0.233 e. The lowest BCUT2D eigenvalue weighted by Gasteiger charge is -2.24. The van der Waals surface area contributed by atoms with Crippen LogP contribution in [0.15, 0.2) is 54.6 Å². The molecule has 0 radical (unpaired) electrons. The number of morpholine rings is 1. The standard InChI is InChI=1S/C18H17NO3/c20-17(14-4-2-1-3-5-14)18(21)15-8-6-13(7-9-15)16-12-19-10-11-22-16/h1-9,16,19H,10-12H2. The molecule has 0 spiro atoms. The molecule has 1 saturated heterocycles. The largest absolute Gasteiger partial charge is 0.371 e. The number of carbonyl (C=O) groups is 2. The highest BCUT2D eigenvalue weighted by molar-refractivity contribution is 6.49. The second kappa shape index (κ2) is 6.64. The van der Waals surface area contributed by atoms with Crippen molar-refractivity contribution in [2.75, 3.05) is 19.7 Å². The minimum atomic E-state index is -0.486. The summed E-state index contributed by atoms with van der Waals surface area (Å²) in [6, 6.07) is 15.7. The van der Waals surface area contributed by atoms with Crippen molar-refractivity contribution in [2.24, 2.45) is 0 Å². The molecule has 1 aliphatic heterocycles. The number of hydrogen-bond donors (Lipinski definition) is 1. The van der Waals surface area contributed by atoms with Crippen molar-refractivity contribution in [2.45, 2.75) is 6.10 Å². The molecule has 112 valence electrons. The quantitative estimate of drug-likeness (QED) is 0.695. The SMILES string of the molecule is O=C(C(=O)c1ccc(C2CNCCO2)cc1)c1ccccc1. The molecule has 1 unspecified atom stereocenters. The molecule has 1 heterocycles. The van der Waals surface area contributed by atoms with Gasteiger partial charge in [0.25, 0.3) is 0 Å². The Bertz CT molecular complexity index is 658. The second-order valence-electron chi connectivity index (χ2n) is 5.21. The Morgan fingerprint density at radius 1 is 0.909 bits per heavy atom. The highest BCUT2D eigenvalue weighted by Crippen LogP contribution is 2.19. The number of benzene rings is 2. The van der Waals surface area contributed by atoms with E-state index in [-0.39, 0.29) is 6.10 Å². The molecular weight excluding hydrogens is 278 g/mol. The first-order valence-electron chi connectivity index (χ1n) is 7.32. The van der Waals surface area contributed by atoms with E-state index >= 15 is 0 Å². The summed E-state index contributed by atoms with van der Waals surface area (Å²) in [6.07, 6.45) is 0.00252. The first kappa shape index (κ1) is 14.6. The minimum absolute atomic E-state index is 0.00252. The van der Waals surface area contributed by atoms with E-state index < -0.39 is 11.6 Å². The number of ketones is 2. The minimum Gasteiger partial charge on any atom is -0.371 e. The topological polar surface area (TPSA) is 55.4 Å². The number of ether oxygens (including phenoxy) is 1. The normalized spacial score (nSPS) is 17.9. The van der Waals surface area contributed by atoms with Crippen LogP contribution < -0.4 is 5.32 Å². The summed E-state index contributed by atoms with van der Waals surface area (Å²) in [6.45, 7) is 2.30. The first-order valence-corrected chi connectivity index (χ1v) is 7.32. The van der Waals surface area contributed by atoms with E-state index in [1.165, 1.54) is 0 Å². The maximum atomic E-state index is 12.2. The maximum Gasteiger partial charge on any atom is 0.233 e. The Morgan fingerprint density at radius 2 is 1.55 bits per heavy atom. The summed E-state index contributed by atoms with van der Waals surface area (Å²) < 4.78 is 5.67. The lowest BCUT2D eigenvalue weighted by atomic mass is 9.99. The summed E-state index contributed by atoms with van der Waals surface area (Å²) >= 11 is 0. The molecule has 1 atom stereocenters. The number of carbonyl (C=O) groups excluding carboxylic acids is 2. The highest BCUT2D eigenvalue weighted by atomic mass is 16.5. The number of nitrogens with one attached hydrogen (secondary N) is 1. The number of hydrogen-bond acceptors (Lipinski definition) is 4. The molecule has 1 aliphatic rings. The zero-order chi connectivity index (χ0) is 15.4. The molecule has 0 aliphatic carbocycles. The molecule has 2 aromatic carbocycles. The van der Waals surface area contributed by atoms with Crippen LogP contribution in [0.3, 0.4) is 0 Å². The average Bonchev–Trinajstić information content (AvgIpc) is 2.62. The van der Waals surface area contributed by atoms with E-state index in [0.29, 0.717) is 17.7 Å². The van der Waals surface area contributed by atoms with Crippen LogP contribution in [0.4, 0.5) is 0 Å². The van der Waals surface area contributed by atoms with Crippen molar-refractivity contribution in [3.05, 3.63) is 71.3 Å². The third kappa shape index (κ3) is 3.13. The van der Waals surface area contributed by atoms with Gasteiger partial charge in [0, 0.05) is 24.2 Å². The zero-order valence-electron chi connectivity index (χ0n) is 12.1. The lowest BCUT2D eigenvalue weighted by molar-refractivity contribution is 0.0277. The lowest BCUT2D eigenvalue weighted by Crippen LogP contribution is -2.33. The molecule has 1 N–H and O–H groups in total. The molecule has 0 bridgehead atoms. The second-order valence-corrected chi connectivity index (χ2v) is 5.21. The molecule has 4 heteroatoms. The Kier molecular flexibility index (Phi) is 4.42. The van der Waals surface area contributed by atoms with Crippen LogP contribution in [-0.2, 0) is 4.74 Å². The summed E-state index contributed by atoms with van der Waals surface area (Å²) in [4.78, 5) is 24.4.